The standard InChI is InChI=1S/C18H26N4OS/c1-13(2)10-16(15-8-6-5-7-9-15)20-17(23)11-24-18-21-19-12-22(18)14(3)4/h5-9,12-14,16H,10-11H2,1-4H3,(H,20,23). The van der Waals surface area contributed by atoms with Crippen LogP contribution < -0.4 is 5.32 Å². The predicted octanol–water partition coefficient (Wildman–Crippen LogP) is 3.85. The molecule has 1 aromatic heterocycles. The van der Waals surface area contributed by atoms with Gasteiger partial charge in [-0.25, -0.2) is 0 Å². The first-order chi connectivity index (χ1) is 11.5. The van der Waals surface area contributed by atoms with E-state index >= 15 is 0 Å². The molecule has 5 nitrogen and oxygen atoms in total. The maximum absolute atomic E-state index is 12.4. The van der Waals surface area contributed by atoms with E-state index in [0.29, 0.717) is 11.7 Å². The average molecular weight is 347 g/mol. The zero-order valence-electron chi connectivity index (χ0n) is 14.8. The summed E-state index contributed by atoms with van der Waals surface area (Å²) < 4.78 is 1.97. The molecule has 1 heterocycles. The van der Waals surface area contributed by atoms with Crippen molar-refractivity contribution in [2.45, 2.75) is 51.4 Å². The lowest BCUT2D eigenvalue weighted by molar-refractivity contribution is -0.119. The van der Waals surface area contributed by atoms with Crippen LogP contribution >= 0.6 is 11.8 Å². The Balaban J connectivity index is 1.96. The highest BCUT2D eigenvalue weighted by Crippen LogP contribution is 2.22. The van der Waals surface area contributed by atoms with E-state index in [2.05, 4.69) is 55.3 Å². The van der Waals surface area contributed by atoms with Crippen molar-refractivity contribution in [2.24, 2.45) is 5.92 Å². The Labute approximate surface area is 148 Å². The van der Waals surface area contributed by atoms with Crippen molar-refractivity contribution in [2.75, 3.05) is 5.75 Å². The largest absolute Gasteiger partial charge is 0.349 e. The van der Waals surface area contributed by atoms with Gasteiger partial charge in [-0.2, -0.15) is 0 Å². The molecule has 24 heavy (non-hydrogen) atoms. The van der Waals surface area contributed by atoms with Crippen LogP contribution in [-0.2, 0) is 4.79 Å². The summed E-state index contributed by atoms with van der Waals surface area (Å²) in [5.41, 5.74) is 1.15. The van der Waals surface area contributed by atoms with Crippen LogP contribution in [0.4, 0.5) is 0 Å². The first-order valence-electron chi connectivity index (χ1n) is 8.34. The van der Waals surface area contributed by atoms with Gasteiger partial charge in [0.05, 0.1) is 11.8 Å². The minimum atomic E-state index is 0.0211. The molecule has 0 aliphatic rings. The monoisotopic (exact) mass is 346 g/mol. The quantitative estimate of drug-likeness (QED) is 0.738. The maximum Gasteiger partial charge on any atom is 0.230 e. The van der Waals surface area contributed by atoms with Crippen molar-refractivity contribution in [3.8, 4) is 0 Å². The second kappa shape index (κ2) is 8.87. The molecule has 6 heteroatoms. The number of benzene rings is 1. The SMILES string of the molecule is CC(C)CC(NC(=O)CSc1nncn1C(C)C)c1ccccc1. The molecule has 0 saturated heterocycles. The van der Waals surface area contributed by atoms with E-state index in [-0.39, 0.29) is 18.0 Å². The van der Waals surface area contributed by atoms with Gasteiger partial charge in [0.1, 0.15) is 6.33 Å². The number of hydrogen-bond acceptors (Lipinski definition) is 4. The Morgan fingerprint density at radius 1 is 1.21 bits per heavy atom. The normalized spacial score (nSPS) is 12.6. The van der Waals surface area contributed by atoms with Gasteiger partial charge in [-0.15, -0.1) is 10.2 Å². The number of hydrogen-bond donors (Lipinski definition) is 1. The fraction of sp³-hybridized carbons (Fsp3) is 0.500. The van der Waals surface area contributed by atoms with Crippen molar-refractivity contribution >= 4 is 17.7 Å². The third-order valence-corrected chi connectivity index (χ3v) is 4.63. The average Bonchev–Trinajstić information content (AvgIpc) is 3.01. The van der Waals surface area contributed by atoms with Crippen molar-refractivity contribution in [1.29, 1.82) is 0 Å². The molecule has 1 N–H and O–H groups in total. The van der Waals surface area contributed by atoms with Gasteiger partial charge in [0, 0.05) is 6.04 Å². The summed E-state index contributed by atoms with van der Waals surface area (Å²) in [6, 6.07) is 10.5. The van der Waals surface area contributed by atoms with E-state index in [1.54, 1.807) is 6.33 Å². The summed E-state index contributed by atoms with van der Waals surface area (Å²) in [4.78, 5) is 12.4. The zero-order chi connectivity index (χ0) is 17.5. The van der Waals surface area contributed by atoms with Gasteiger partial charge in [0.2, 0.25) is 5.91 Å². The molecule has 0 bridgehead atoms. The lowest BCUT2D eigenvalue weighted by Gasteiger charge is -2.21. The Bertz CT molecular complexity index is 639. The van der Waals surface area contributed by atoms with E-state index < -0.39 is 0 Å². The fourth-order valence-electron chi connectivity index (χ4n) is 2.49. The van der Waals surface area contributed by atoms with E-state index in [1.807, 2.05) is 22.8 Å². The lowest BCUT2D eigenvalue weighted by Crippen LogP contribution is -2.31. The molecule has 0 radical (unpaired) electrons. The van der Waals surface area contributed by atoms with Crippen LogP contribution in [0.1, 0.15) is 51.8 Å². The molecule has 1 aromatic carbocycles. The van der Waals surface area contributed by atoms with Gasteiger partial charge in [0.15, 0.2) is 5.16 Å². The molecule has 2 rings (SSSR count). The molecule has 0 aliphatic carbocycles. The van der Waals surface area contributed by atoms with E-state index in [9.17, 15) is 4.79 Å². The highest BCUT2D eigenvalue weighted by molar-refractivity contribution is 7.99. The van der Waals surface area contributed by atoms with Crippen LogP contribution in [-0.4, -0.2) is 26.4 Å². The molecule has 0 aliphatic heterocycles. The lowest BCUT2D eigenvalue weighted by atomic mass is 9.97. The minimum absolute atomic E-state index is 0.0211. The Kier molecular flexibility index (Phi) is 6.85. The molecular formula is C18H26N4OS. The van der Waals surface area contributed by atoms with Gasteiger partial charge in [-0.3, -0.25) is 4.79 Å². The summed E-state index contributed by atoms with van der Waals surface area (Å²) in [5, 5.41) is 12.0. The third-order valence-electron chi connectivity index (χ3n) is 3.67. The number of aromatic nitrogens is 3. The fourth-order valence-corrected chi connectivity index (χ4v) is 3.35. The van der Waals surface area contributed by atoms with E-state index in [1.165, 1.54) is 11.8 Å². The summed E-state index contributed by atoms with van der Waals surface area (Å²) in [7, 11) is 0. The molecule has 0 spiro atoms. The number of carbonyl (C=O) groups excluding carboxylic acids is 1. The minimum Gasteiger partial charge on any atom is -0.349 e. The number of nitrogens with one attached hydrogen (secondary N) is 1. The maximum atomic E-state index is 12.4. The summed E-state index contributed by atoms with van der Waals surface area (Å²) >= 11 is 1.42. The first kappa shape index (κ1) is 18.5. The van der Waals surface area contributed by atoms with Crippen LogP contribution in [0.5, 0.6) is 0 Å². The molecular weight excluding hydrogens is 320 g/mol. The predicted molar refractivity (Wildman–Crippen MR) is 97.9 cm³/mol. The summed E-state index contributed by atoms with van der Waals surface area (Å²) in [6.45, 7) is 8.48. The number of nitrogens with zero attached hydrogens (tertiary/aromatic N) is 3. The van der Waals surface area contributed by atoms with Gasteiger partial charge >= 0.3 is 0 Å². The van der Waals surface area contributed by atoms with Crippen molar-refractivity contribution in [3.05, 3.63) is 42.2 Å². The summed E-state index contributed by atoms with van der Waals surface area (Å²) in [6.07, 6.45) is 2.62. The van der Waals surface area contributed by atoms with Crippen LogP contribution in [0.2, 0.25) is 0 Å². The van der Waals surface area contributed by atoms with Crippen LogP contribution in [0, 0.1) is 5.92 Å². The first-order valence-corrected chi connectivity index (χ1v) is 9.32. The second-order valence-corrected chi connectivity index (χ2v) is 7.51. The Morgan fingerprint density at radius 2 is 1.92 bits per heavy atom. The van der Waals surface area contributed by atoms with Crippen molar-refractivity contribution in [1.82, 2.24) is 20.1 Å². The van der Waals surface area contributed by atoms with Crippen LogP contribution in [0.3, 0.4) is 0 Å². The van der Waals surface area contributed by atoms with Gasteiger partial charge in [-0.1, -0.05) is 55.9 Å². The van der Waals surface area contributed by atoms with Crippen LogP contribution in [0.25, 0.3) is 0 Å². The molecule has 1 atom stereocenters. The topological polar surface area (TPSA) is 59.8 Å². The molecule has 1 amide bonds. The number of thioether (sulfide) groups is 1. The summed E-state index contributed by atoms with van der Waals surface area (Å²) in [5.74, 6) is 0.868. The Hall–Kier alpha value is -1.82. The van der Waals surface area contributed by atoms with Crippen LogP contribution in [0.15, 0.2) is 41.8 Å². The van der Waals surface area contributed by atoms with Crippen molar-refractivity contribution < 1.29 is 4.79 Å². The van der Waals surface area contributed by atoms with E-state index in [4.69, 9.17) is 0 Å². The molecule has 0 saturated carbocycles. The molecule has 1 unspecified atom stereocenters. The highest BCUT2D eigenvalue weighted by Gasteiger charge is 2.17. The van der Waals surface area contributed by atoms with Crippen molar-refractivity contribution in [3.63, 3.8) is 0 Å². The zero-order valence-corrected chi connectivity index (χ0v) is 15.6. The Morgan fingerprint density at radius 3 is 2.54 bits per heavy atom. The number of rotatable bonds is 8. The van der Waals surface area contributed by atoms with Gasteiger partial charge < -0.3 is 9.88 Å². The van der Waals surface area contributed by atoms with Gasteiger partial charge in [-0.05, 0) is 31.7 Å². The smallest absolute Gasteiger partial charge is 0.230 e. The number of amides is 1. The second-order valence-electron chi connectivity index (χ2n) is 6.56. The third kappa shape index (κ3) is 5.37. The van der Waals surface area contributed by atoms with E-state index in [0.717, 1.165) is 17.1 Å². The van der Waals surface area contributed by atoms with Gasteiger partial charge in [0.25, 0.3) is 0 Å². The number of carbonyl (C=O) groups is 1. The highest BCUT2D eigenvalue weighted by atomic mass is 32.2. The molecule has 2 aromatic rings. The molecule has 130 valence electrons. The molecule has 0 fully saturated rings.